The average Bonchev–Trinajstić information content (AvgIpc) is 2.27. The van der Waals surface area contributed by atoms with Crippen LogP contribution < -0.4 is 5.73 Å². The van der Waals surface area contributed by atoms with Crippen molar-refractivity contribution in [1.82, 2.24) is 0 Å². The Labute approximate surface area is 86.5 Å². The van der Waals surface area contributed by atoms with Crippen LogP contribution in [0, 0.1) is 0 Å². The lowest BCUT2D eigenvalue weighted by atomic mass is 10.0. The highest BCUT2D eigenvalue weighted by molar-refractivity contribution is 6.08. The standard InChI is InChI=1S/C12H9NO2/c13-12(15)11-6-8(7-14)5-9-3-1-2-4-10(9)11/h1-7H,(H2,13,15). The molecule has 0 radical (unpaired) electrons. The minimum atomic E-state index is -0.519. The van der Waals surface area contributed by atoms with Crippen LogP contribution in [-0.4, -0.2) is 12.2 Å². The van der Waals surface area contributed by atoms with Gasteiger partial charge in [-0.2, -0.15) is 0 Å². The molecule has 3 nitrogen and oxygen atoms in total. The van der Waals surface area contributed by atoms with Gasteiger partial charge in [0.2, 0.25) is 5.91 Å². The van der Waals surface area contributed by atoms with Crippen LogP contribution in [0.4, 0.5) is 0 Å². The predicted octanol–water partition coefficient (Wildman–Crippen LogP) is 1.75. The molecule has 0 aliphatic heterocycles. The number of aldehydes is 1. The van der Waals surface area contributed by atoms with Crippen molar-refractivity contribution in [3.05, 3.63) is 47.5 Å². The van der Waals surface area contributed by atoms with E-state index in [4.69, 9.17) is 5.73 Å². The molecule has 0 bridgehead atoms. The lowest BCUT2D eigenvalue weighted by Gasteiger charge is -2.03. The fraction of sp³-hybridized carbons (Fsp3) is 0. The zero-order valence-corrected chi connectivity index (χ0v) is 7.94. The summed E-state index contributed by atoms with van der Waals surface area (Å²) >= 11 is 0. The third kappa shape index (κ3) is 1.59. The molecular formula is C12H9NO2. The smallest absolute Gasteiger partial charge is 0.249 e. The van der Waals surface area contributed by atoms with Crippen molar-refractivity contribution in [3.8, 4) is 0 Å². The maximum atomic E-state index is 11.2. The summed E-state index contributed by atoms with van der Waals surface area (Å²) in [6.07, 6.45) is 0.707. The lowest BCUT2D eigenvalue weighted by Crippen LogP contribution is -2.11. The summed E-state index contributed by atoms with van der Waals surface area (Å²) < 4.78 is 0. The first-order valence-electron chi connectivity index (χ1n) is 4.50. The summed E-state index contributed by atoms with van der Waals surface area (Å²) in [5, 5.41) is 1.62. The third-order valence-electron chi connectivity index (χ3n) is 2.29. The number of fused-ring (bicyclic) bond motifs is 1. The second kappa shape index (κ2) is 3.53. The van der Waals surface area contributed by atoms with Crippen molar-refractivity contribution >= 4 is 23.0 Å². The van der Waals surface area contributed by atoms with Crippen molar-refractivity contribution in [1.29, 1.82) is 0 Å². The summed E-state index contributed by atoms with van der Waals surface area (Å²) in [4.78, 5) is 21.9. The minimum absolute atomic E-state index is 0.384. The van der Waals surface area contributed by atoms with E-state index in [9.17, 15) is 9.59 Å². The molecule has 3 heteroatoms. The van der Waals surface area contributed by atoms with Gasteiger partial charge >= 0.3 is 0 Å². The first kappa shape index (κ1) is 9.40. The van der Waals surface area contributed by atoms with Crippen LogP contribution in [0.15, 0.2) is 36.4 Å². The Kier molecular flexibility index (Phi) is 2.21. The largest absolute Gasteiger partial charge is 0.366 e. The first-order chi connectivity index (χ1) is 7.22. The number of amides is 1. The molecule has 0 saturated heterocycles. The number of hydrogen-bond donors (Lipinski definition) is 1. The van der Waals surface area contributed by atoms with Gasteiger partial charge in [-0.3, -0.25) is 9.59 Å². The van der Waals surface area contributed by atoms with E-state index < -0.39 is 5.91 Å². The number of hydrogen-bond acceptors (Lipinski definition) is 2. The van der Waals surface area contributed by atoms with Crippen molar-refractivity contribution < 1.29 is 9.59 Å². The monoisotopic (exact) mass is 199 g/mol. The van der Waals surface area contributed by atoms with Crippen LogP contribution in [0.25, 0.3) is 10.8 Å². The maximum absolute atomic E-state index is 11.2. The number of carbonyl (C=O) groups is 2. The summed E-state index contributed by atoms with van der Waals surface area (Å²) in [7, 11) is 0. The van der Waals surface area contributed by atoms with Crippen LogP contribution in [0.5, 0.6) is 0 Å². The molecule has 0 saturated carbocycles. The molecule has 2 aromatic carbocycles. The van der Waals surface area contributed by atoms with E-state index in [1.807, 2.05) is 24.3 Å². The van der Waals surface area contributed by atoms with Crippen molar-refractivity contribution in [2.24, 2.45) is 5.73 Å². The molecular weight excluding hydrogens is 190 g/mol. The first-order valence-corrected chi connectivity index (χ1v) is 4.50. The summed E-state index contributed by atoms with van der Waals surface area (Å²) in [5.74, 6) is -0.519. The molecule has 0 fully saturated rings. The number of nitrogens with two attached hydrogens (primary N) is 1. The SMILES string of the molecule is NC(=O)c1cc(C=O)cc2ccccc12. The fourth-order valence-electron chi connectivity index (χ4n) is 1.61. The molecule has 0 heterocycles. The highest BCUT2D eigenvalue weighted by Crippen LogP contribution is 2.20. The zero-order chi connectivity index (χ0) is 10.8. The predicted molar refractivity (Wildman–Crippen MR) is 57.9 cm³/mol. The van der Waals surface area contributed by atoms with Crippen molar-refractivity contribution in [2.45, 2.75) is 0 Å². The maximum Gasteiger partial charge on any atom is 0.249 e. The fourth-order valence-corrected chi connectivity index (χ4v) is 1.61. The lowest BCUT2D eigenvalue weighted by molar-refractivity contribution is 0.100. The van der Waals surface area contributed by atoms with Gasteiger partial charge in [-0.05, 0) is 22.9 Å². The normalized spacial score (nSPS) is 10.1. The van der Waals surface area contributed by atoms with E-state index in [0.29, 0.717) is 17.4 Å². The second-order valence-electron chi connectivity index (χ2n) is 3.27. The second-order valence-corrected chi connectivity index (χ2v) is 3.27. The molecule has 74 valence electrons. The quantitative estimate of drug-likeness (QED) is 0.749. The summed E-state index contributed by atoms with van der Waals surface area (Å²) in [6.45, 7) is 0. The molecule has 0 spiro atoms. The molecule has 0 aliphatic rings. The molecule has 0 aliphatic carbocycles. The van der Waals surface area contributed by atoms with Crippen LogP contribution in [0.1, 0.15) is 20.7 Å². The Balaban J connectivity index is 2.86. The Morgan fingerprint density at radius 1 is 1.20 bits per heavy atom. The highest BCUT2D eigenvalue weighted by atomic mass is 16.1. The molecule has 0 atom stereocenters. The Hall–Kier alpha value is -2.16. The van der Waals surface area contributed by atoms with Gasteiger partial charge in [-0.15, -0.1) is 0 Å². The van der Waals surface area contributed by atoms with Gasteiger partial charge in [0, 0.05) is 11.1 Å². The highest BCUT2D eigenvalue weighted by Gasteiger charge is 2.07. The van der Waals surface area contributed by atoms with Gasteiger partial charge in [0.05, 0.1) is 0 Å². The van der Waals surface area contributed by atoms with E-state index in [2.05, 4.69) is 0 Å². The van der Waals surface area contributed by atoms with Crippen LogP contribution in [0.2, 0.25) is 0 Å². The van der Waals surface area contributed by atoms with Crippen LogP contribution in [0.3, 0.4) is 0 Å². The van der Waals surface area contributed by atoms with Gasteiger partial charge in [-0.1, -0.05) is 24.3 Å². The van der Waals surface area contributed by atoms with Gasteiger partial charge < -0.3 is 5.73 Å². The van der Waals surface area contributed by atoms with Gasteiger partial charge in [0.1, 0.15) is 6.29 Å². The average molecular weight is 199 g/mol. The van der Waals surface area contributed by atoms with E-state index in [1.54, 1.807) is 6.07 Å². The van der Waals surface area contributed by atoms with Gasteiger partial charge in [0.15, 0.2) is 0 Å². The van der Waals surface area contributed by atoms with Gasteiger partial charge in [0.25, 0.3) is 0 Å². The van der Waals surface area contributed by atoms with E-state index in [0.717, 1.165) is 10.8 Å². The molecule has 2 N–H and O–H groups in total. The topological polar surface area (TPSA) is 60.2 Å². The third-order valence-corrected chi connectivity index (χ3v) is 2.29. The molecule has 15 heavy (non-hydrogen) atoms. The molecule has 0 unspecified atom stereocenters. The number of benzene rings is 2. The molecule has 2 aromatic rings. The van der Waals surface area contributed by atoms with Crippen LogP contribution >= 0.6 is 0 Å². The number of primary amides is 1. The van der Waals surface area contributed by atoms with E-state index in [1.165, 1.54) is 6.07 Å². The minimum Gasteiger partial charge on any atom is -0.366 e. The van der Waals surface area contributed by atoms with E-state index in [-0.39, 0.29) is 0 Å². The molecule has 2 rings (SSSR count). The number of carbonyl (C=O) groups excluding carboxylic acids is 2. The Morgan fingerprint density at radius 3 is 2.60 bits per heavy atom. The summed E-state index contributed by atoms with van der Waals surface area (Å²) in [5.41, 5.74) is 6.09. The Bertz CT molecular complexity index is 546. The zero-order valence-electron chi connectivity index (χ0n) is 7.94. The molecule has 1 amide bonds. The van der Waals surface area contributed by atoms with E-state index >= 15 is 0 Å². The van der Waals surface area contributed by atoms with Crippen LogP contribution in [-0.2, 0) is 0 Å². The Morgan fingerprint density at radius 2 is 1.93 bits per heavy atom. The molecule has 0 aromatic heterocycles. The summed E-state index contributed by atoms with van der Waals surface area (Å²) in [6, 6.07) is 10.6. The van der Waals surface area contributed by atoms with Gasteiger partial charge in [-0.25, -0.2) is 0 Å². The number of rotatable bonds is 2. The van der Waals surface area contributed by atoms with Crippen molar-refractivity contribution in [3.63, 3.8) is 0 Å². The van der Waals surface area contributed by atoms with Crippen molar-refractivity contribution in [2.75, 3.05) is 0 Å².